The third-order valence-electron chi connectivity index (χ3n) is 2.72. The van der Waals surface area contributed by atoms with Crippen molar-refractivity contribution in [3.63, 3.8) is 0 Å². The fourth-order valence-corrected chi connectivity index (χ4v) is 1.96. The minimum absolute atomic E-state index is 0.0524. The molecule has 4 heteroatoms. The zero-order valence-corrected chi connectivity index (χ0v) is 7.74. The number of nitrogens with two attached hydrogens (primary N) is 1. The molecule has 0 bridgehead atoms. The number of hydrogen-bond donors (Lipinski definition) is 1. The van der Waals surface area contributed by atoms with Crippen molar-refractivity contribution in [2.75, 3.05) is 19.7 Å². The van der Waals surface area contributed by atoms with E-state index in [-0.39, 0.29) is 18.1 Å². The van der Waals surface area contributed by atoms with E-state index in [1.807, 2.05) is 4.90 Å². The van der Waals surface area contributed by atoms with E-state index >= 15 is 0 Å². The SMILES string of the molecule is NC1COC(C(=O)N2CCCC2)C1. The Morgan fingerprint density at radius 2 is 2.08 bits per heavy atom. The third-order valence-corrected chi connectivity index (χ3v) is 2.72. The summed E-state index contributed by atoms with van der Waals surface area (Å²) in [5.41, 5.74) is 5.67. The van der Waals surface area contributed by atoms with E-state index in [2.05, 4.69) is 0 Å². The molecule has 2 N–H and O–H groups in total. The number of amides is 1. The Bertz CT molecular complexity index is 202. The number of ether oxygens (including phenoxy) is 1. The van der Waals surface area contributed by atoms with Crippen molar-refractivity contribution in [1.82, 2.24) is 4.90 Å². The van der Waals surface area contributed by atoms with E-state index in [9.17, 15) is 4.79 Å². The molecule has 0 aromatic heterocycles. The lowest BCUT2D eigenvalue weighted by Crippen LogP contribution is -2.37. The van der Waals surface area contributed by atoms with Crippen LogP contribution in [-0.4, -0.2) is 42.6 Å². The molecule has 2 heterocycles. The van der Waals surface area contributed by atoms with Crippen LogP contribution in [0, 0.1) is 0 Å². The normalized spacial score (nSPS) is 34.1. The Labute approximate surface area is 78.0 Å². The molecule has 74 valence electrons. The van der Waals surface area contributed by atoms with Crippen molar-refractivity contribution in [3.05, 3.63) is 0 Å². The fraction of sp³-hybridized carbons (Fsp3) is 0.889. The molecule has 2 unspecified atom stereocenters. The van der Waals surface area contributed by atoms with Gasteiger partial charge in [-0.1, -0.05) is 0 Å². The van der Waals surface area contributed by atoms with Gasteiger partial charge in [0.25, 0.3) is 5.91 Å². The van der Waals surface area contributed by atoms with E-state index < -0.39 is 0 Å². The molecule has 2 atom stereocenters. The van der Waals surface area contributed by atoms with Crippen LogP contribution in [-0.2, 0) is 9.53 Å². The molecule has 13 heavy (non-hydrogen) atoms. The molecular weight excluding hydrogens is 168 g/mol. The van der Waals surface area contributed by atoms with Crippen LogP contribution in [0.1, 0.15) is 19.3 Å². The molecule has 0 radical (unpaired) electrons. The lowest BCUT2D eigenvalue weighted by Gasteiger charge is -2.18. The first-order valence-corrected chi connectivity index (χ1v) is 4.93. The molecule has 2 saturated heterocycles. The molecule has 1 amide bonds. The Balaban J connectivity index is 1.89. The molecule has 2 rings (SSSR count). The summed E-state index contributed by atoms with van der Waals surface area (Å²) in [5.74, 6) is 0.144. The van der Waals surface area contributed by atoms with Crippen LogP contribution in [0.3, 0.4) is 0 Å². The van der Waals surface area contributed by atoms with Crippen molar-refractivity contribution in [1.29, 1.82) is 0 Å². The second-order valence-electron chi connectivity index (χ2n) is 3.85. The van der Waals surface area contributed by atoms with Gasteiger partial charge in [0.1, 0.15) is 6.10 Å². The molecule has 2 fully saturated rings. The topological polar surface area (TPSA) is 55.6 Å². The Kier molecular flexibility index (Phi) is 2.51. The maximum atomic E-state index is 11.7. The highest BCUT2D eigenvalue weighted by Gasteiger charge is 2.32. The van der Waals surface area contributed by atoms with Gasteiger partial charge in [-0.2, -0.15) is 0 Å². The number of hydrogen-bond acceptors (Lipinski definition) is 3. The number of carbonyl (C=O) groups is 1. The first-order chi connectivity index (χ1) is 6.27. The van der Waals surface area contributed by atoms with Gasteiger partial charge < -0.3 is 15.4 Å². The molecule has 4 nitrogen and oxygen atoms in total. The van der Waals surface area contributed by atoms with Crippen LogP contribution in [0.25, 0.3) is 0 Å². The highest BCUT2D eigenvalue weighted by atomic mass is 16.5. The zero-order chi connectivity index (χ0) is 9.26. The summed E-state index contributed by atoms with van der Waals surface area (Å²) >= 11 is 0. The highest BCUT2D eigenvalue weighted by Crippen LogP contribution is 2.17. The molecular formula is C9H16N2O2. The first-order valence-electron chi connectivity index (χ1n) is 4.93. The maximum Gasteiger partial charge on any atom is 0.251 e. The lowest BCUT2D eigenvalue weighted by atomic mass is 10.2. The summed E-state index contributed by atoms with van der Waals surface area (Å²) in [6, 6.07) is 0.0524. The minimum atomic E-state index is -0.256. The monoisotopic (exact) mass is 184 g/mol. The van der Waals surface area contributed by atoms with Crippen LogP contribution in [0.4, 0.5) is 0 Å². The summed E-state index contributed by atoms with van der Waals surface area (Å²) in [6.07, 6.45) is 2.69. The average molecular weight is 184 g/mol. The molecule has 2 aliphatic rings. The highest BCUT2D eigenvalue weighted by molar-refractivity contribution is 5.81. The summed E-state index contributed by atoms with van der Waals surface area (Å²) < 4.78 is 5.32. The van der Waals surface area contributed by atoms with Crippen LogP contribution >= 0.6 is 0 Å². The van der Waals surface area contributed by atoms with E-state index in [1.54, 1.807) is 0 Å². The van der Waals surface area contributed by atoms with Gasteiger partial charge in [0.2, 0.25) is 0 Å². The van der Waals surface area contributed by atoms with Crippen molar-refractivity contribution < 1.29 is 9.53 Å². The van der Waals surface area contributed by atoms with Gasteiger partial charge in [0, 0.05) is 19.1 Å². The number of likely N-dealkylation sites (tertiary alicyclic amines) is 1. The van der Waals surface area contributed by atoms with Crippen LogP contribution in [0.5, 0.6) is 0 Å². The van der Waals surface area contributed by atoms with Crippen molar-refractivity contribution in [2.24, 2.45) is 5.73 Å². The van der Waals surface area contributed by atoms with Crippen molar-refractivity contribution in [3.8, 4) is 0 Å². The fourth-order valence-electron chi connectivity index (χ4n) is 1.96. The van der Waals surface area contributed by atoms with Gasteiger partial charge >= 0.3 is 0 Å². The number of carbonyl (C=O) groups excluding carboxylic acids is 1. The smallest absolute Gasteiger partial charge is 0.251 e. The second kappa shape index (κ2) is 3.64. The Hall–Kier alpha value is -0.610. The molecule has 0 aliphatic carbocycles. The summed E-state index contributed by atoms with van der Waals surface area (Å²) in [7, 11) is 0. The summed E-state index contributed by atoms with van der Waals surface area (Å²) in [5, 5.41) is 0. The second-order valence-corrected chi connectivity index (χ2v) is 3.85. The standard InChI is InChI=1S/C9H16N2O2/c10-7-5-8(13-6-7)9(12)11-3-1-2-4-11/h7-8H,1-6,10H2. The van der Waals surface area contributed by atoms with Crippen LogP contribution < -0.4 is 5.73 Å². The summed E-state index contributed by atoms with van der Waals surface area (Å²) in [4.78, 5) is 13.6. The molecule has 2 aliphatic heterocycles. The van der Waals surface area contributed by atoms with Gasteiger partial charge in [-0.25, -0.2) is 0 Å². The lowest BCUT2D eigenvalue weighted by molar-refractivity contribution is -0.139. The van der Waals surface area contributed by atoms with E-state index in [4.69, 9.17) is 10.5 Å². The Morgan fingerprint density at radius 1 is 1.38 bits per heavy atom. The van der Waals surface area contributed by atoms with Crippen LogP contribution in [0.15, 0.2) is 0 Å². The predicted octanol–water partition coefficient (Wildman–Crippen LogP) is -0.275. The summed E-state index contributed by atoms with van der Waals surface area (Å²) in [6.45, 7) is 2.33. The molecule has 0 saturated carbocycles. The van der Waals surface area contributed by atoms with Gasteiger partial charge in [-0.05, 0) is 19.3 Å². The zero-order valence-electron chi connectivity index (χ0n) is 7.74. The minimum Gasteiger partial charge on any atom is -0.367 e. The predicted molar refractivity (Wildman–Crippen MR) is 48.1 cm³/mol. The Morgan fingerprint density at radius 3 is 2.62 bits per heavy atom. The van der Waals surface area contributed by atoms with E-state index in [0.717, 1.165) is 25.9 Å². The average Bonchev–Trinajstić information content (AvgIpc) is 2.72. The first kappa shape index (κ1) is 8.97. The van der Waals surface area contributed by atoms with Crippen molar-refractivity contribution in [2.45, 2.75) is 31.4 Å². The maximum absolute atomic E-state index is 11.7. The number of rotatable bonds is 1. The third kappa shape index (κ3) is 1.84. The van der Waals surface area contributed by atoms with Gasteiger partial charge in [0.05, 0.1) is 6.61 Å². The molecule has 0 spiro atoms. The van der Waals surface area contributed by atoms with Gasteiger partial charge in [-0.15, -0.1) is 0 Å². The number of nitrogens with zero attached hydrogens (tertiary/aromatic N) is 1. The van der Waals surface area contributed by atoms with Gasteiger partial charge in [0.15, 0.2) is 0 Å². The molecule has 0 aromatic rings. The van der Waals surface area contributed by atoms with Crippen LogP contribution in [0.2, 0.25) is 0 Å². The van der Waals surface area contributed by atoms with E-state index in [1.165, 1.54) is 0 Å². The molecule has 0 aromatic carbocycles. The largest absolute Gasteiger partial charge is 0.367 e. The quantitative estimate of drug-likeness (QED) is 0.610. The van der Waals surface area contributed by atoms with E-state index in [0.29, 0.717) is 13.0 Å². The van der Waals surface area contributed by atoms with Gasteiger partial charge in [-0.3, -0.25) is 4.79 Å². The van der Waals surface area contributed by atoms with Crippen molar-refractivity contribution >= 4 is 5.91 Å².